The molecular weight excluding hydrogens is 607 g/mol. The Morgan fingerprint density at radius 1 is 0.630 bits per heavy atom. The average molecular weight is 671 g/mol. The van der Waals surface area contributed by atoms with E-state index in [1.54, 1.807) is 0 Å². The van der Waals surface area contributed by atoms with Gasteiger partial charge in [0, 0.05) is 19.4 Å². The van der Waals surface area contributed by atoms with Crippen molar-refractivity contribution in [3.05, 3.63) is 48.6 Å². The first kappa shape index (κ1) is 44.0. The van der Waals surface area contributed by atoms with Crippen LogP contribution in [0.5, 0.6) is 0 Å². The van der Waals surface area contributed by atoms with Crippen LogP contribution in [0.15, 0.2) is 48.6 Å². The zero-order valence-electron chi connectivity index (χ0n) is 28.6. The number of rotatable bonds is 31. The molecule has 3 N–H and O–H groups in total. The number of aliphatic hydroxyl groups is 1. The molecule has 0 heterocycles. The number of phosphoric acid groups is 1. The highest BCUT2D eigenvalue weighted by molar-refractivity contribution is 7.46. The van der Waals surface area contributed by atoms with E-state index < -0.39 is 32.5 Å². The topological polar surface area (TPSA) is 140 Å². The molecule has 0 unspecified atom stereocenters. The van der Waals surface area contributed by atoms with Crippen molar-refractivity contribution in [3.8, 4) is 0 Å². The van der Waals surface area contributed by atoms with E-state index in [9.17, 15) is 14.2 Å². The van der Waals surface area contributed by atoms with Gasteiger partial charge in [-0.1, -0.05) is 114 Å². The van der Waals surface area contributed by atoms with Gasteiger partial charge in [0.25, 0.3) is 0 Å². The Kier molecular flexibility index (Phi) is 30.2. The molecule has 0 amide bonds. The second-order valence-electron chi connectivity index (χ2n) is 12.0. The molecule has 1 atom stereocenters. The highest BCUT2D eigenvalue weighted by Gasteiger charge is 2.22. The third kappa shape index (κ3) is 34.8. The van der Waals surface area contributed by atoms with E-state index in [1.165, 1.54) is 25.7 Å². The Morgan fingerprint density at radius 2 is 1.13 bits per heavy atom. The number of hydrogen-bond donors (Lipinski definition) is 3. The molecule has 0 aromatic rings. The van der Waals surface area contributed by atoms with E-state index in [0.29, 0.717) is 19.3 Å². The number of phosphoric ester groups is 1. The molecule has 0 bridgehead atoms. The first-order chi connectivity index (χ1) is 22.1. The van der Waals surface area contributed by atoms with Gasteiger partial charge >= 0.3 is 19.8 Å². The molecule has 266 valence electrons. The largest absolute Gasteiger partial charge is 0.469 e. The molecular formula is C36H63O9P. The van der Waals surface area contributed by atoms with Crippen molar-refractivity contribution in [2.45, 2.75) is 142 Å². The van der Waals surface area contributed by atoms with Crippen molar-refractivity contribution in [1.82, 2.24) is 0 Å². The number of unbranched alkanes of at least 4 members (excludes halogenated alkanes) is 10. The van der Waals surface area contributed by atoms with Crippen LogP contribution >= 0.6 is 7.82 Å². The molecule has 0 saturated carbocycles. The zero-order chi connectivity index (χ0) is 34.1. The molecule has 0 aromatic heterocycles. The van der Waals surface area contributed by atoms with E-state index in [0.717, 1.165) is 70.1 Å². The minimum atomic E-state index is -4.77. The molecule has 0 spiro atoms. The molecule has 0 saturated heterocycles. The van der Waals surface area contributed by atoms with E-state index in [2.05, 4.69) is 54.8 Å². The SMILES string of the molecule is CC(C)CCCCCCCCCC(=O)OC[C@H](COP(=O)(O)O)OC(=O)CCC/C=C\C/C=C\C/C=C\C/C=C\CCCCCO. The van der Waals surface area contributed by atoms with Crippen molar-refractivity contribution < 1.29 is 43.0 Å². The summed E-state index contributed by atoms with van der Waals surface area (Å²) in [5, 5.41) is 8.76. The first-order valence-electron chi connectivity index (χ1n) is 17.4. The maximum Gasteiger partial charge on any atom is 0.469 e. The highest BCUT2D eigenvalue weighted by Crippen LogP contribution is 2.35. The molecule has 0 aromatic carbocycles. The monoisotopic (exact) mass is 670 g/mol. The minimum Gasteiger partial charge on any atom is -0.462 e. The molecule has 46 heavy (non-hydrogen) atoms. The summed E-state index contributed by atoms with van der Waals surface area (Å²) in [4.78, 5) is 42.5. The summed E-state index contributed by atoms with van der Waals surface area (Å²) in [7, 11) is -4.77. The van der Waals surface area contributed by atoms with Crippen LogP contribution in [0.3, 0.4) is 0 Å². The molecule has 9 nitrogen and oxygen atoms in total. The van der Waals surface area contributed by atoms with Crippen molar-refractivity contribution in [3.63, 3.8) is 0 Å². The lowest BCUT2D eigenvalue weighted by molar-refractivity contribution is -0.161. The number of esters is 2. The summed E-state index contributed by atoms with van der Waals surface area (Å²) in [5.41, 5.74) is 0. The number of ether oxygens (including phenoxy) is 2. The lowest BCUT2D eigenvalue weighted by Gasteiger charge is -2.18. The predicted octanol–water partition coefficient (Wildman–Crippen LogP) is 8.84. The summed E-state index contributed by atoms with van der Waals surface area (Å²) < 4.78 is 26.1. The Hall–Kier alpha value is -2.03. The van der Waals surface area contributed by atoms with Gasteiger partial charge < -0.3 is 24.4 Å². The molecule has 0 radical (unpaired) electrons. The van der Waals surface area contributed by atoms with Gasteiger partial charge in [-0.05, 0) is 63.7 Å². The van der Waals surface area contributed by atoms with Crippen LogP contribution in [-0.4, -0.2) is 52.8 Å². The maximum atomic E-state index is 12.3. The van der Waals surface area contributed by atoms with Gasteiger partial charge in [-0.2, -0.15) is 0 Å². The lowest BCUT2D eigenvalue weighted by atomic mass is 10.0. The first-order valence-corrected chi connectivity index (χ1v) is 18.9. The van der Waals surface area contributed by atoms with E-state index in [-0.39, 0.29) is 26.1 Å². The predicted molar refractivity (Wildman–Crippen MR) is 185 cm³/mol. The Balaban J connectivity index is 4.12. The van der Waals surface area contributed by atoms with Crippen molar-refractivity contribution in [2.24, 2.45) is 5.92 Å². The summed E-state index contributed by atoms with van der Waals surface area (Å²) in [6.07, 6.45) is 33.0. The summed E-state index contributed by atoms with van der Waals surface area (Å²) in [6, 6.07) is 0. The normalized spacial score (nSPS) is 13.2. The van der Waals surface area contributed by atoms with E-state index >= 15 is 0 Å². The van der Waals surface area contributed by atoms with Crippen molar-refractivity contribution in [1.29, 1.82) is 0 Å². The molecule has 0 aliphatic carbocycles. The quantitative estimate of drug-likeness (QED) is 0.0286. The lowest BCUT2D eigenvalue weighted by Crippen LogP contribution is -2.29. The summed E-state index contributed by atoms with van der Waals surface area (Å²) in [6.45, 7) is 3.88. The standard InChI is InChI=1S/C36H63O9P/c1-33(2)27-23-19-15-14-17-20-24-28-35(38)43-31-34(32-44-46(40,41)42)45-36(39)29-25-21-16-12-10-8-6-4-3-5-7-9-11-13-18-22-26-30-37/h3,5-6,8-9,11-12,16,33-34,37H,4,7,10,13-15,17-32H2,1-2H3,(H2,40,41,42)/b5-3-,8-6-,11-9-,16-12-/t34-/m1/s1. The number of aliphatic hydroxyl groups excluding tert-OH is 1. The van der Waals surface area contributed by atoms with Gasteiger partial charge in [-0.25, -0.2) is 4.57 Å². The van der Waals surface area contributed by atoms with Gasteiger partial charge in [0.2, 0.25) is 0 Å². The number of carbonyl (C=O) groups excluding carboxylic acids is 2. The molecule has 0 aliphatic rings. The Labute approximate surface area is 278 Å². The van der Waals surface area contributed by atoms with Gasteiger partial charge in [-0.15, -0.1) is 0 Å². The van der Waals surface area contributed by atoms with Gasteiger partial charge in [0.1, 0.15) is 6.61 Å². The maximum absolute atomic E-state index is 12.3. The second-order valence-corrected chi connectivity index (χ2v) is 13.3. The van der Waals surface area contributed by atoms with Crippen LogP contribution in [0.25, 0.3) is 0 Å². The zero-order valence-corrected chi connectivity index (χ0v) is 29.5. The number of hydrogen-bond acceptors (Lipinski definition) is 7. The van der Waals surface area contributed by atoms with Crippen molar-refractivity contribution >= 4 is 19.8 Å². The summed E-state index contributed by atoms with van der Waals surface area (Å²) >= 11 is 0. The molecule has 0 fully saturated rings. The fraction of sp³-hybridized carbons (Fsp3) is 0.722. The minimum absolute atomic E-state index is 0.125. The smallest absolute Gasteiger partial charge is 0.462 e. The number of allylic oxidation sites excluding steroid dienone is 8. The van der Waals surface area contributed by atoms with E-state index in [4.69, 9.17) is 24.4 Å². The van der Waals surface area contributed by atoms with Gasteiger partial charge in [0.15, 0.2) is 6.10 Å². The second kappa shape index (κ2) is 31.6. The Morgan fingerprint density at radius 3 is 1.70 bits per heavy atom. The highest BCUT2D eigenvalue weighted by atomic mass is 31.2. The molecule has 0 rings (SSSR count). The van der Waals surface area contributed by atoms with E-state index in [1.807, 2.05) is 12.2 Å². The van der Waals surface area contributed by atoms with Crippen LogP contribution in [0.1, 0.15) is 136 Å². The van der Waals surface area contributed by atoms with Gasteiger partial charge in [0.05, 0.1) is 6.61 Å². The molecule has 10 heteroatoms. The van der Waals surface area contributed by atoms with Crippen LogP contribution in [0.4, 0.5) is 0 Å². The van der Waals surface area contributed by atoms with Crippen LogP contribution in [-0.2, 0) is 28.2 Å². The number of carbonyl (C=O) groups is 2. The van der Waals surface area contributed by atoms with Crippen molar-refractivity contribution in [2.75, 3.05) is 19.8 Å². The molecule has 0 aliphatic heterocycles. The summed E-state index contributed by atoms with van der Waals surface area (Å²) in [5.74, 6) is -0.223. The van der Waals surface area contributed by atoms with Crippen LogP contribution < -0.4 is 0 Å². The third-order valence-electron chi connectivity index (χ3n) is 7.08. The van der Waals surface area contributed by atoms with Crippen LogP contribution in [0, 0.1) is 5.92 Å². The fourth-order valence-corrected chi connectivity index (χ4v) is 4.83. The van der Waals surface area contributed by atoms with Crippen LogP contribution in [0.2, 0.25) is 0 Å². The average Bonchev–Trinajstić information content (AvgIpc) is 3.00. The third-order valence-corrected chi connectivity index (χ3v) is 7.57. The Bertz CT molecular complexity index is 905. The van der Waals surface area contributed by atoms with Gasteiger partial charge in [-0.3, -0.25) is 14.1 Å². The fourth-order valence-electron chi connectivity index (χ4n) is 4.47.